The molecule has 1 aliphatic heterocycles. The van der Waals surface area contributed by atoms with E-state index in [1.165, 1.54) is 18.2 Å². The van der Waals surface area contributed by atoms with Crippen LogP contribution in [0.25, 0.3) is 11.1 Å². The summed E-state index contributed by atoms with van der Waals surface area (Å²) in [4.78, 5) is 12.9. The van der Waals surface area contributed by atoms with Crippen molar-refractivity contribution < 1.29 is 27.8 Å². The van der Waals surface area contributed by atoms with Crippen molar-refractivity contribution in [1.29, 1.82) is 0 Å². The Balaban J connectivity index is 1.86. The number of rotatable bonds is 4. The van der Waals surface area contributed by atoms with Gasteiger partial charge in [0, 0.05) is 18.8 Å². The SMILES string of the molecule is Cc1cc(-c2cccc(OC(F)(F)F)c2)cc(N2CC(C(=O)O)C2)c1. The number of nitrogens with zero attached hydrogens (tertiary/aromatic N) is 1. The lowest BCUT2D eigenvalue weighted by molar-refractivity contribution is -0.274. The fourth-order valence-corrected chi connectivity index (χ4v) is 2.83. The maximum absolute atomic E-state index is 12.4. The number of hydrogen-bond donors (Lipinski definition) is 1. The quantitative estimate of drug-likeness (QED) is 0.902. The van der Waals surface area contributed by atoms with Crippen LogP contribution in [0.1, 0.15) is 5.56 Å². The van der Waals surface area contributed by atoms with Crippen molar-refractivity contribution in [1.82, 2.24) is 0 Å². The lowest BCUT2D eigenvalue weighted by atomic mass is 9.96. The average molecular weight is 351 g/mol. The highest BCUT2D eigenvalue weighted by molar-refractivity contribution is 5.76. The zero-order chi connectivity index (χ0) is 18.2. The van der Waals surface area contributed by atoms with E-state index in [2.05, 4.69) is 4.74 Å². The van der Waals surface area contributed by atoms with Gasteiger partial charge in [-0.05, 0) is 47.9 Å². The van der Waals surface area contributed by atoms with Gasteiger partial charge in [0.2, 0.25) is 0 Å². The summed E-state index contributed by atoms with van der Waals surface area (Å²) in [5, 5.41) is 8.98. The molecule has 0 spiro atoms. The van der Waals surface area contributed by atoms with Gasteiger partial charge < -0.3 is 14.7 Å². The maximum atomic E-state index is 12.4. The summed E-state index contributed by atoms with van der Waals surface area (Å²) in [5.74, 6) is -1.48. The molecule has 0 unspecified atom stereocenters. The molecule has 2 aromatic rings. The van der Waals surface area contributed by atoms with Gasteiger partial charge in [-0.25, -0.2) is 0 Å². The summed E-state index contributed by atoms with van der Waals surface area (Å²) < 4.78 is 41.1. The third kappa shape index (κ3) is 4.04. The van der Waals surface area contributed by atoms with Crippen LogP contribution < -0.4 is 9.64 Å². The summed E-state index contributed by atoms with van der Waals surface area (Å²) in [7, 11) is 0. The molecular weight excluding hydrogens is 335 g/mol. The molecule has 0 bridgehead atoms. The Hall–Kier alpha value is -2.70. The summed E-state index contributed by atoms with van der Waals surface area (Å²) in [6.07, 6.45) is -4.74. The number of hydrogen-bond acceptors (Lipinski definition) is 3. The molecule has 0 saturated carbocycles. The van der Waals surface area contributed by atoms with Crippen molar-refractivity contribution >= 4 is 11.7 Å². The second-order valence-electron chi connectivity index (χ2n) is 6.07. The first-order valence-corrected chi connectivity index (χ1v) is 7.67. The van der Waals surface area contributed by atoms with Crippen molar-refractivity contribution in [2.45, 2.75) is 13.3 Å². The largest absolute Gasteiger partial charge is 0.573 e. The second kappa shape index (κ2) is 6.31. The molecule has 132 valence electrons. The monoisotopic (exact) mass is 351 g/mol. The molecule has 2 aromatic carbocycles. The Bertz CT molecular complexity index is 798. The van der Waals surface area contributed by atoms with Crippen LogP contribution in [-0.4, -0.2) is 30.5 Å². The van der Waals surface area contributed by atoms with Gasteiger partial charge in [-0.15, -0.1) is 13.2 Å². The Kier molecular flexibility index (Phi) is 4.32. The number of carboxylic acids is 1. The lowest BCUT2D eigenvalue weighted by Crippen LogP contribution is -2.50. The molecular formula is C18H16F3NO3. The molecule has 1 fully saturated rings. The van der Waals surface area contributed by atoms with Gasteiger partial charge in [0.1, 0.15) is 5.75 Å². The number of halogens is 3. The molecule has 1 aliphatic rings. The summed E-state index contributed by atoms with van der Waals surface area (Å²) >= 11 is 0. The Morgan fingerprint density at radius 2 is 1.88 bits per heavy atom. The number of carboxylic acid groups (broad SMARTS) is 1. The van der Waals surface area contributed by atoms with Crippen LogP contribution in [0.5, 0.6) is 5.75 Å². The molecule has 25 heavy (non-hydrogen) atoms. The van der Waals surface area contributed by atoms with Gasteiger partial charge in [-0.1, -0.05) is 18.2 Å². The normalized spacial score (nSPS) is 15.0. The fraction of sp³-hybridized carbons (Fsp3) is 0.278. The van der Waals surface area contributed by atoms with Gasteiger partial charge in [0.05, 0.1) is 5.92 Å². The van der Waals surface area contributed by atoms with E-state index in [9.17, 15) is 18.0 Å². The minimum absolute atomic E-state index is 0.275. The smallest absolute Gasteiger partial charge is 0.481 e. The Morgan fingerprint density at radius 1 is 1.16 bits per heavy atom. The number of alkyl halides is 3. The van der Waals surface area contributed by atoms with Gasteiger partial charge in [-0.2, -0.15) is 0 Å². The Labute approximate surface area is 142 Å². The predicted molar refractivity (Wildman–Crippen MR) is 86.6 cm³/mol. The molecule has 1 heterocycles. The van der Waals surface area contributed by atoms with Crippen molar-refractivity contribution in [2.24, 2.45) is 5.92 Å². The van der Waals surface area contributed by atoms with Crippen LogP contribution in [0.3, 0.4) is 0 Å². The highest BCUT2D eigenvalue weighted by Gasteiger charge is 2.33. The van der Waals surface area contributed by atoms with Crippen LogP contribution in [0.15, 0.2) is 42.5 Å². The number of aliphatic carboxylic acids is 1. The molecule has 0 aromatic heterocycles. The first kappa shape index (κ1) is 17.1. The van der Waals surface area contributed by atoms with Crippen LogP contribution in [0.4, 0.5) is 18.9 Å². The van der Waals surface area contributed by atoms with Crippen LogP contribution in [0.2, 0.25) is 0 Å². The van der Waals surface area contributed by atoms with E-state index in [4.69, 9.17) is 5.11 Å². The zero-order valence-electron chi connectivity index (χ0n) is 13.4. The number of aryl methyl sites for hydroxylation is 1. The van der Waals surface area contributed by atoms with Gasteiger partial charge in [0.15, 0.2) is 0 Å². The van der Waals surface area contributed by atoms with Crippen LogP contribution in [0, 0.1) is 12.8 Å². The van der Waals surface area contributed by atoms with E-state index in [1.807, 2.05) is 30.0 Å². The number of ether oxygens (including phenoxy) is 1. The van der Waals surface area contributed by atoms with E-state index in [1.54, 1.807) is 6.07 Å². The molecule has 3 rings (SSSR count). The van der Waals surface area contributed by atoms with E-state index in [-0.39, 0.29) is 11.7 Å². The first-order chi connectivity index (χ1) is 11.7. The third-order valence-electron chi connectivity index (χ3n) is 4.06. The zero-order valence-corrected chi connectivity index (χ0v) is 13.4. The van der Waals surface area contributed by atoms with E-state index < -0.39 is 12.3 Å². The summed E-state index contributed by atoms with van der Waals surface area (Å²) in [6, 6.07) is 11.4. The summed E-state index contributed by atoms with van der Waals surface area (Å²) in [5.41, 5.74) is 3.14. The van der Waals surface area contributed by atoms with Crippen molar-refractivity contribution in [3.05, 3.63) is 48.0 Å². The molecule has 0 radical (unpaired) electrons. The first-order valence-electron chi connectivity index (χ1n) is 7.67. The van der Waals surface area contributed by atoms with Crippen molar-refractivity contribution in [2.75, 3.05) is 18.0 Å². The Morgan fingerprint density at radius 3 is 2.52 bits per heavy atom. The van der Waals surface area contributed by atoms with Crippen molar-refractivity contribution in [3.63, 3.8) is 0 Å². The number of carbonyl (C=O) groups is 1. The molecule has 7 heteroatoms. The van der Waals surface area contributed by atoms with E-state index >= 15 is 0 Å². The second-order valence-corrected chi connectivity index (χ2v) is 6.07. The molecule has 0 aliphatic carbocycles. The van der Waals surface area contributed by atoms with Gasteiger partial charge in [0.25, 0.3) is 0 Å². The van der Waals surface area contributed by atoms with Gasteiger partial charge in [-0.3, -0.25) is 4.79 Å². The number of anilines is 1. The highest BCUT2D eigenvalue weighted by atomic mass is 19.4. The topological polar surface area (TPSA) is 49.8 Å². The van der Waals surface area contributed by atoms with Crippen molar-refractivity contribution in [3.8, 4) is 16.9 Å². The minimum atomic E-state index is -4.74. The summed E-state index contributed by atoms with van der Waals surface area (Å²) in [6.45, 7) is 2.74. The maximum Gasteiger partial charge on any atom is 0.573 e. The molecule has 1 saturated heterocycles. The lowest BCUT2D eigenvalue weighted by Gasteiger charge is -2.39. The molecule has 1 N–H and O–H groups in total. The predicted octanol–water partition coefficient (Wildman–Crippen LogP) is 4.08. The minimum Gasteiger partial charge on any atom is -0.481 e. The molecule has 0 amide bonds. The molecule has 4 nitrogen and oxygen atoms in total. The highest BCUT2D eigenvalue weighted by Crippen LogP contribution is 2.33. The van der Waals surface area contributed by atoms with Crippen LogP contribution in [-0.2, 0) is 4.79 Å². The fourth-order valence-electron chi connectivity index (χ4n) is 2.83. The average Bonchev–Trinajstić information content (AvgIpc) is 2.43. The third-order valence-corrected chi connectivity index (χ3v) is 4.06. The molecule has 0 atom stereocenters. The standard InChI is InChI=1S/C18H16F3NO3/c1-11-5-13(7-15(6-11)22-9-14(10-22)17(23)24)12-3-2-4-16(8-12)25-18(19,20)21/h2-8,14H,9-10H2,1H3,(H,23,24). The van der Waals surface area contributed by atoms with E-state index in [0.717, 1.165) is 16.8 Å². The van der Waals surface area contributed by atoms with Crippen LogP contribution >= 0.6 is 0 Å². The number of benzene rings is 2. The van der Waals surface area contributed by atoms with Gasteiger partial charge >= 0.3 is 12.3 Å². The van der Waals surface area contributed by atoms with E-state index in [0.29, 0.717) is 18.7 Å².